The average molecular weight is 408 g/mol. The average Bonchev–Trinajstić information content (AvgIpc) is 2.57. The van der Waals surface area contributed by atoms with Gasteiger partial charge < -0.3 is 19.5 Å². The van der Waals surface area contributed by atoms with Crippen LogP contribution in [0.5, 0.6) is 11.5 Å². The zero-order valence-corrected chi connectivity index (χ0v) is 15.9. The van der Waals surface area contributed by atoms with E-state index in [9.17, 15) is 9.59 Å². The van der Waals surface area contributed by atoms with Gasteiger partial charge in [-0.2, -0.15) is 0 Å². The molecule has 0 spiro atoms. The molecule has 0 bridgehead atoms. The van der Waals surface area contributed by atoms with Gasteiger partial charge in [0.05, 0.1) is 10.7 Å². The number of hydrogen-bond acceptors (Lipinski definition) is 6. The molecule has 2 aromatic rings. The molecule has 1 fully saturated rings. The maximum atomic E-state index is 12.0. The Morgan fingerprint density at radius 2 is 1.67 bits per heavy atom. The highest BCUT2D eigenvalue weighted by atomic mass is 35.5. The van der Waals surface area contributed by atoms with Crippen molar-refractivity contribution in [3.63, 3.8) is 0 Å². The minimum Gasteiger partial charge on any atom is -0.454 e. The zero-order chi connectivity index (χ0) is 19.6. The van der Waals surface area contributed by atoms with Gasteiger partial charge in [-0.05, 0) is 30.3 Å². The van der Waals surface area contributed by atoms with Crippen molar-refractivity contribution in [1.29, 1.82) is 0 Å². The van der Waals surface area contributed by atoms with E-state index in [1.54, 1.807) is 42.5 Å². The fourth-order valence-corrected chi connectivity index (χ4v) is 2.62. The number of halogens is 2. The molecule has 1 saturated heterocycles. The molecule has 2 aromatic carbocycles. The Morgan fingerprint density at radius 3 is 2.33 bits per heavy atom. The molecule has 0 unspecified atom stereocenters. The lowest BCUT2D eigenvalue weighted by Crippen LogP contribution is -2.42. The predicted molar refractivity (Wildman–Crippen MR) is 101 cm³/mol. The Labute approximate surface area is 165 Å². The fraction of sp³-hybridized carbons (Fsp3) is 0.158. The Morgan fingerprint density at radius 1 is 1.00 bits per heavy atom. The van der Waals surface area contributed by atoms with E-state index in [1.807, 2.05) is 0 Å². The van der Waals surface area contributed by atoms with Crippen LogP contribution in [0.4, 0.5) is 5.69 Å². The van der Waals surface area contributed by atoms with Crippen LogP contribution >= 0.6 is 23.2 Å². The van der Waals surface area contributed by atoms with Gasteiger partial charge in [-0.25, -0.2) is 9.59 Å². The number of esters is 2. The van der Waals surface area contributed by atoms with Crippen molar-refractivity contribution < 1.29 is 23.8 Å². The molecule has 1 N–H and O–H groups in total. The van der Waals surface area contributed by atoms with Crippen molar-refractivity contribution in [1.82, 2.24) is 0 Å². The second-order valence-corrected chi connectivity index (χ2v) is 6.90. The van der Waals surface area contributed by atoms with Crippen molar-refractivity contribution in [2.24, 2.45) is 0 Å². The number of ether oxygens (including phenoxy) is 3. The van der Waals surface area contributed by atoms with Gasteiger partial charge >= 0.3 is 11.9 Å². The Bertz CT molecular complexity index is 917. The molecule has 0 radical (unpaired) electrons. The highest BCUT2D eigenvalue weighted by Crippen LogP contribution is 2.35. The third-order valence-corrected chi connectivity index (χ3v) is 4.03. The summed E-state index contributed by atoms with van der Waals surface area (Å²) in [7, 11) is 0. The molecule has 0 atom stereocenters. The van der Waals surface area contributed by atoms with Gasteiger partial charge in [0.1, 0.15) is 5.75 Å². The van der Waals surface area contributed by atoms with Crippen LogP contribution < -0.4 is 10.1 Å². The molecule has 0 aliphatic carbocycles. The van der Waals surface area contributed by atoms with E-state index in [1.165, 1.54) is 20.0 Å². The predicted octanol–water partition coefficient (Wildman–Crippen LogP) is 4.92. The van der Waals surface area contributed by atoms with Crippen LogP contribution in [0, 0.1) is 0 Å². The quantitative estimate of drug-likeness (QED) is 0.440. The maximum Gasteiger partial charge on any atom is 0.350 e. The first-order valence-electron chi connectivity index (χ1n) is 7.90. The summed E-state index contributed by atoms with van der Waals surface area (Å²) in [6, 6.07) is 11.8. The summed E-state index contributed by atoms with van der Waals surface area (Å²) in [6.45, 7) is 2.94. The van der Waals surface area contributed by atoms with E-state index in [0.717, 1.165) is 0 Å². The van der Waals surface area contributed by atoms with Crippen LogP contribution in [0.2, 0.25) is 10.0 Å². The number of rotatable bonds is 4. The van der Waals surface area contributed by atoms with Gasteiger partial charge in [-0.3, -0.25) is 0 Å². The van der Waals surface area contributed by atoms with Gasteiger partial charge in [0, 0.05) is 25.1 Å². The third-order valence-electron chi connectivity index (χ3n) is 3.49. The van der Waals surface area contributed by atoms with E-state index < -0.39 is 17.7 Å². The topological polar surface area (TPSA) is 73.9 Å². The Hall–Kier alpha value is -2.70. The zero-order valence-electron chi connectivity index (χ0n) is 14.4. The van der Waals surface area contributed by atoms with Crippen molar-refractivity contribution in [2.75, 3.05) is 5.32 Å². The van der Waals surface area contributed by atoms with Crippen LogP contribution in [-0.4, -0.2) is 17.7 Å². The summed E-state index contributed by atoms with van der Waals surface area (Å²) in [6.07, 6.45) is 1.19. The maximum absolute atomic E-state index is 12.0. The summed E-state index contributed by atoms with van der Waals surface area (Å²) in [4.78, 5) is 24.0. The molecular formula is C19H15Cl2NO5. The fourth-order valence-electron chi connectivity index (χ4n) is 2.28. The smallest absolute Gasteiger partial charge is 0.350 e. The summed E-state index contributed by atoms with van der Waals surface area (Å²) < 4.78 is 15.9. The van der Waals surface area contributed by atoms with E-state index >= 15 is 0 Å². The van der Waals surface area contributed by atoms with E-state index in [0.29, 0.717) is 27.2 Å². The summed E-state index contributed by atoms with van der Waals surface area (Å²) in [5.41, 5.74) is 0.137. The number of nitrogens with one attached hydrogen (secondary N) is 1. The van der Waals surface area contributed by atoms with Crippen molar-refractivity contribution >= 4 is 40.8 Å². The lowest BCUT2D eigenvalue weighted by molar-refractivity contribution is -0.222. The van der Waals surface area contributed by atoms with Crippen LogP contribution in [0.15, 0.2) is 54.2 Å². The lowest BCUT2D eigenvalue weighted by atomic mass is 10.2. The molecule has 0 aromatic heterocycles. The summed E-state index contributed by atoms with van der Waals surface area (Å²) in [5.74, 6) is -2.06. The largest absolute Gasteiger partial charge is 0.454 e. The van der Waals surface area contributed by atoms with E-state index in [2.05, 4.69) is 5.32 Å². The molecule has 27 heavy (non-hydrogen) atoms. The molecule has 1 heterocycles. The second-order valence-electron chi connectivity index (χ2n) is 6.05. The van der Waals surface area contributed by atoms with Crippen molar-refractivity contribution in [3.05, 3.63) is 64.3 Å². The minimum absolute atomic E-state index is 0.280. The molecular weight excluding hydrogens is 393 g/mol. The van der Waals surface area contributed by atoms with E-state index in [4.69, 9.17) is 37.4 Å². The van der Waals surface area contributed by atoms with E-state index in [-0.39, 0.29) is 5.57 Å². The van der Waals surface area contributed by atoms with Crippen LogP contribution in [0.3, 0.4) is 0 Å². The molecule has 0 saturated carbocycles. The van der Waals surface area contributed by atoms with Crippen LogP contribution in [-0.2, 0) is 19.1 Å². The first kappa shape index (κ1) is 19.1. The number of carbonyl (C=O) groups excluding carboxylic acids is 2. The van der Waals surface area contributed by atoms with Gasteiger partial charge in [-0.1, -0.05) is 35.3 Å². The number of carbonyl (C=O) groups is 2. The highest BCUT2D eigenvalue weighted by Gasteiger charge is 2.39. The molecule has 140 valence electrons. The summed E-state index contributed by atoms with van der Waals surface area (Å²) in [5, 5.41) is 3.69. The normalized spacial score (nSPS) is 15.6. The molecule has 3 rings (SSSR count). The monoisotopic (exact) mass is 407 g/mol. The lowest BCUT2D eigenvalue weighted by Gasteiger charge is -2.29. The summed E-state index contributed by atoms with van der Waals surface area (Å²) >= 11 is 12.2. The van der Waals surface area contributed by atoms with Crippen LogP contribution in [0.1, 0.15) is 13.8 Å². The number of para-hydroxylation sites is 1. The molecule has 0 amide bonds. The SMILES string of the molecule is CC1(C)OC(=O)C(=CNc2cc(Cl)ccc2Oc2ccccc2Cl)C(=O)O1. The Balaban J connectivity index is 1.87. The first-order valence-corrected chi connectivity index (χ1v) is 8.66. The Kier molecular flexibility index (Phi) is 5.30. The van der Waals surface area contributed by atoms with Gasteiger partial charge in [0.2, 0.25) is 0 Å². The minimum atomic E-state index is -1.31. The van der Waals surface area contributed by atoms with Crippen molar-refractivity contribution in [2.45, 2.75) is 19.6 Å². The number of hydrogen-bond donors (Lipinski definition) is 1. The molecule has 6 nitrogen and oxygen atoms in total. The van der Waals surface area contributed by atoms with Gasteiger partial charge in [0.15, 0.2) is 11.3 Å². The van der Waals surface area contributed by atoms with Gasteiger partial charge in [0.25, 0.3) is 5.79 Å². The first-order chi connectivity index (χ1) is 12.7. The second kappa shape index (κ2) is 7.50. The highest BCUT2D eigenvalue weighted by molar-refractivity contribution is 6.32. The standard InChI is InChI=1S/C19H15Cl2NO5/c1-19(2)26-17(23)12(18(24)27-19)10-22-14-9-11(20)7-8-16(14)25-15-6-4-3-5-13(15)21/h3-10,22H,1-2H3. The number of anilines is 1. The molecule has 1 aliphatic rings. The number of benzene rings is 2. The van der Waals surface area contributed by atoms with Crippen molar-refractivity contribution in [3.8, 4) is 11.5 Å². The molecule has 1 aliphatic heterocycles. The third kappa shape index (κ3) is 4.53. The van der Waals surface area contributed by atoms with Crippen LogP contribution in [0.25, 0.3) is 0 Å². The van der Waals surface area contributed by atoms with Gasteiger partial charge in [-0.15, -0.1) is 0 Å². The molecule has 8 heteroatoms. The number of cyclic esters (lactones) is 2.